The number of nitrogens with one attached hydrogen (secondary N) is 2. The standard InChI is InChI=1S/C13H10BrN3/c14-8-2-4-11-10(5-8)9-3-1-7-6-15-17-12(7)13(9)16-11/h2,4-6,16H,1,3H2,(H,15,17). The van der Waals surface area contributed by atoms with E-state index in [1.165, 1.54) is 27.7 Å². The highest BCUT2D eigenvalue weighted by atomic mass is 79.9. The highest BCUT2D eigenvalue weighted by Crippen LogP contribution is 2.36. The van der Waals surface area contributed by atoms with Crippen molar-refractivity contribution in [3.8, 4) is 11.4 Å². The van der Waals surface area contributed by atoms with Crippen LogP contribution in [0, 0.1) is 0 Å². The second-order valence-electron chi connectivity index (χ2n) is 4.44. The molecule has 17 heavy (non-hydrogen) atoms. The van der Waals surface area contributed by atoms with Gasteiger partial charge in [-0.3, -0.25) is 5.10 Å². The summed E-state index contributed by atoms with van der Waals surface area (Å²) in [6.45, 7) is 0. The zero-order valence-corrected chi connectivity index (χ0v) is 10.6. The smallest absolute Gasteiger partial charge is 0.0847 e. The SMILES string of the molecule is Brc1ccc2[nH]c3c(c2c1)CCc1cn[nH]c1-3. The van der Waals surface area contributed by atoms with Crippen molar-refractivity contribution in [3.05, 3.63) is 40.0 Å². The monoisotopic (exact) mass is 287 g/mol. The number of fused-ring (bicyclic) bond motifs is 5. The van der Waals surface area contributed by atoms with Crippen LogP contribution in [-0.2, 0) is 12.8 Å². The Balaban J connectivity index is 2.10. The van der Waals surface area contributed by atoms with E-state index in [9.17, 15) is 0 Å². The first-order chi connectivity index (χ1) is 8.33. The van der Waals surface area contributed by atoms with Gasteiger partial charge in [-0.1, -0.05) is 15.9 Å². The molecule has 0 bridgehead atoms. The summed E-state index contributed by atoms with van der Waals surface area (Å²) >= 11 is 3.54. The molecule has 2 aromatic heterocycles. The van der Waals surface area contributed by atoms with Gasteiger partial charge in [0.25, 0.3) is 0 Å². The molecule has 3 aromatic rings. The summed E-state index contributed by atoms with van der Waals surface area (Å²) in [6, 6.07) is 6.37. The van der Waals surface area contributed by atoms with Gasteiger partial charge in [-0.15, -0.1) is 0 Å². The maximum atomic E-state index is 4.14. The third kappa shape index (κ3) is 1.24. The van der Waals surface area contributed by atoms with Crippen molar-refractivity contribution in [1.29, 1.82) is 0 Å². The van der Waals surface area contributed by atoms with Gasteiger partial charge < -0.3 is 4.98 Å². The van der Waals surface area contributed by atoms with Crippen LogP contribution in [0.15, 0.2) is 28.9 Å². The maximum absolute atomic E-state index is 4.14. The number of halogens is 1. The van der Waals surface area contributed by atoms with Crippen molar-refractivity contribution in [2.45, 2.75) is 12.8 Å². The summed E-state index contributed by atoms with van der Waals surface area (Å²) in [5.74, 6) is 0. The zero-order chi connectivity index (χ0) is 11.4. The molecule has 2 heterocycles. The van der Waals surface area contributed by atoms with E-state index in [0.717, 1.165) is 23.0 Å². The van der Waals surface area contributed by atoms with Crippen LogP contribution in [0.1, 0.15) is 11.1 Å². The number of nitrogens with zero attached hydrogens (tertiary/aromatic N) is 1. The molecule has 0 spiro atoms. The molecule has 0 aliphatic heterocycles. The molecule has 0 saturated heterocycles. The van der Waals surface area contributed by atoms with Crippen LogP contribution in [-0.4, -0.2) is 15.2 Å². The van der Waals surface area contributed by atoms with E-state index in [4.69, 9.17) is 0 Å². The summed E-state index contributed by atoms with van der Waals surface area (Å²) in [6.07, 6.45) is 4.08. The molecule has 1 aromatic carbocycles. The van der Waals surface area contributed by atoms with Gasteiger partial charge in [-0.25, -0.2) is 0 Å². The third-order valence-electron chi connectivity index (χ3n) is 3.48. The number of aromatic nitrogens is 3. The molecule has 1 aliphatic rings. The fourth-order valence-corrected chi connectivity index (χ4v) is 3.03. The van der Waals surface area contributed by atoms with Crippen molar-refractivity contribution in [1.82, 2.24) is 15.2 Å². The molecule has 0 radical (unpaired) electrons. The molecule has 4 heteroatoms. The van der Waals surface area contributed by atoms with Gasteiger partial charge in [0.2, 0.25) is 0 Å². The van der Waals surface area contributed by atoms with Crippen molar-refractivity contribution in [2.75, 3.05) is 0 Å². The van der Waals surface area contributed by atoms with Gasteiger partial charge in [0.05, 0.1) is 17.6 Å². The maximum Gasteiger partial charge on any atom is 0.0847 e. The van der Waals surface area contributed by atoms with E-state index >= 15 is 0 Å². The minimum atomic E-state index is 1.07. The number of hydrogen-bond acceptors (Lipinski definition) is 1. The number of H-pyrrole nitrogens is 2. The van der Waals surface area contributed by atoms with Crippen LogP contribution in [0.2, 0.25) is 0 Å². The van der Waals surface area contributed by atoms with Crippen LogP contribution < -0.4 is 0 Å². The lowest BCUT2D eigenvalue weighted by molar-refractivity contribution is 0.947. The van der Waals surface area contributed by atoms with Crippen LogP contribution in [0.4, 0.5) is 0 Å². The second-order valence-corrected chi connectivity index (χ2v) is 5.35. The lowest BCUT2D eigenvalue weighted by Crippen LogP contribution is -2.00. The Labute approximate surface area is 106 Å². The van der Waals surface area contributed by atoms with Crippen LogP contribution in [0.25, 0.3) is 22.3 Å². The fraction of sp³-hybridized carbons (Fsp3) is 0.154. The normalized spacial score (nSPS) is 13.7. The van der Waals surface area contributed by atoms with E-state index in [0.29, 0.717) is 0 Å². The molecule has 0 atom stereocenters. The number of benzene rings is 1. The van der Waals surface area contributed by atoms with Crippen molar-refractivity contribution in [2.24, 2.45) is 0 Å². The molecular weight excluding hydrogens is 278 g/mol. The van der Waals surface area contributed by atoms with Crippen molar-refractivity contribution >= 4 is 26.8 Å². The highest BCUT2D eigenvalue weighted by molar-refractivity contribution is 9.10. The van der Waals surface area contributed by atoms with E-state index < -0.39 is 0 Å². The Hall–Kier alpha value is -1.55. The van der Waals surface area contributed by atoms with Gasteiger partial charge in [-0.05, 0) is 42.2 Å². The van der Waals surface area contributed by atoms with Gasteiger partial charge in [-0.2, -0.15) is 5.10 Å². The van der Waals surface area contributed by atoms with E-state index in [1.807, 2.05) is 6.20 Å². The number of rotatable bonds is 0. The lowest BCUT2D eigenvalue weighted by Gasteiger charge is -2.11. The topological polar surface area (TPSA) is 44.5 Å². The Morgan fingerprint density at radius 1 is 1.18 bits per heavy atom. The summed E-state index contributed by atoms with van der Waals surface area (Å²) in [4.78, 5) is 3.49. The Kier molecular flexibility index (Phi) is 1.80. The Morgan fingerprint density at radius 3 is 3.06 bits per heavy atom. The minimum Gasteiger partial charge on any atom is -0.353 e. The van der Waals surface area contributed by atoms with Gasteiger partial charge in [0, 0.05) is 15.4 Å². The Bertz CT molecular complexity index is 723. The fourth-order valence-electron chi connectivity index (χ4n) is 2.67. The first kappa shape index (κ1) is 9.48. The average Bonchev–Trinajstić information content (AvgIpc) is 2.91. The molecule has 0 unspecified atom stereocenters. The third-order valence-corrected chi connectivity index (χ3v) is 3.97. The quantitative estimate of drug-likeness (QED) is 0.654. The molecular formula is C13H10BrN3. The van der Waals surface area contributed by atoms with Gasteiger partial charge >= 0.3 is 0 Å². The summed E-state index contributed by atoms with van der Waals surface area (Å²) < 4.78 is 1.13. The Morgan fingerprint density at radius 2 is 2.12 bits per heavy atom. The molecule has 84 valence electrons. The molecule has 1 aliphatic carbocycles. The number of hydrogen-bond donors (Lipinski definition) is 2. The predicted molar refractivity (Wildman–Crippen MR) is 71.0 cm³/mol. The summed E-state index contributed by atoms with van der Waals surface area (Å²) in [5.41, 5.74) is 6.26. The van der Waals surface area contributed by atoms with Crippen LogP contribution >= 0.6 is 15.9 Å². The number of aryl methyl sites for hydroxylation is 2. The second kappa shape index (κ2) is 3.23. The highest BCUT2D eigenvalue weighted by Gasteiger charge is 2.21. The summed E-state index contributed by atoms with van der Waals surface area (Å²) in [7, 11) is 0. The molecule has 0 fully saturated rings. The van der Waals surface area contributed by atoms with Gasteiger partial charge in [0.15, 0.2) is 0 Å². The molecule has 0 saturated carbocycles. The first-order valence-corrected chi connectivity index (χ1v) is 6.45. The van der Waals surface area contributed by atoms with Crippen LogP contribution in [0.3, 0.4) is 0 Å². The van der Waals surface area contributed by atoms with E-state index in [1.54, 1.807) is 0 Å². The summed E-state index contributed by atoms with van der Waals surface area (Å²) in [5, 5.41) is 8.55. The van der Waals surface area contributed by atoms with E-state index in [2.05, 4.69) is 49.3 Å². The lowest BCUT2D eigenvalue weighted by atomic mass is 9.94. The number of aromatic amines is 2. The predicted octanol–water partition coefficient (Wildman–Crippen LogP) is 3.42. The van der Waals surface area contributed by atoms with E-state index in [-0.39, 0.29) is 0 Å². The first-order valence-electron chi connectivity index (χ1n) is 5.65. The van der Waals surface area contributed by atoms with Crippen LogP contribution in [0.5, 0.6) is 0 Å². The van der Waals surface area contributed by atoms with Crippen molar-refractivity contribution < 1.29 is 0 Å². The molecule has 2 N–H and O–H groups in total. The van der Waals surface area contributed by atoms with Gasteiger partial charge in [0.1, 0.15) is 0 Å². The molecule has 0 amide bonds. The largest absolute Gasteiger partial charge is 0.353 e. The minimum absolute atomic E-state index is 1.07. The van der Waals surface area contributed by atoms with Crippen molar-refractivity contribution in [3.63, 3.8) is 0 Å². The average molecular weight is 288 g/mol. The zero-order valence-electron chi connectivity index (χ0n) is 9.05. The molecule has 4 rings (SSSR count). The molecule has 3 nitrogen and oxygen atoms in total.